The molecular formula is C21H21NO6. The fraction of sp³-hybridized carbons (Fsp3) is 0.429. The van der Waals surface area contributed by atoms with E-state index in [4.69, 9.17) is 28.4 Å². The Morgan fingerprint density at radius 2 is 1.75 bits per heavy atom. The number of fused-ring (bicyclic) bond motifs is 5. The van der Waals surface area contributed by atoms with Gasteiger partial charge in [-0.2, -0.15) is 0 Å². The van der Waals surface area contributed by atoms with Crippen LogP contribution in [0.1, 0.15) is 40.7 Å². The van der Waals surface area contributed by atoms with E-state index in [-0.39, 0.29) is 25.7 Å². The van der Waals surface area contributed by atoms with E-state index < -0.39 is 6.29 Å². The number of rotatable bonds is 2. The van der Waals surface area contributed by atoms with Gasteiger partial charge in [0, 0.05) is 13.7 Å². The Morgan fingerprint density at radius 3 is 2.61 bits per heavy atom. The largest absolute Gasteiger partial charge is 0.454 e. The van der Waals surface area contributed by atoms with E-state index in [1.54, 1.807) is 7.11 Å². The topological polar surface area (TPSA) is 58.6 Å². The van der Waals surface area contributed by atoms with E-state index in [1.807, 2.05) is 6.07 Å². The monoisotopic (exact) mass is 383 g/mol. The Bertz CT molecular complexity index is 960. The van der Waals surface area contributed by atoms with Crippen molar-refractivity contribution in [3.8, 4) is 23.0 Å². The molecule has 0 amide bonds. The number of likely N-dealkylation sites (N-methyl/N-ethyl adjacent to an activating group) is 1. The fourth-order valence-corrected chi connectivity index (χ4v) is 4.75. The van der Waals surface area contributed by atoms with Crippen LogP contribution in [-0.4, -0.2) is 39.2 Å². The smallest absolute Gasteiger partial charge is 0.231 e. The SMILES string of the molecule is CO[C@H]1O[C@H]([C@H]2c3cc4c(cc3CCN2C)OCO4)c2ccc3c(c21)OCO3. The van der Waals surface area contributed by atoms with Gasteiger partial charge in [-0.15, -0.1) is 0 Å². The zero-order valence-electron chi connectivity index (χ0n) is 15.8. The van der Waals surface area contributed by atoms with Gasteiger partial charge in [-0.05, 0) is 48.4 Å². The summed E-state index contributed by atoms with van der Waals surface area (Å²) in [6.45, 7) is 1.44. The van der Waals surface area contributed by atoms with Crippen LogP contribution < -0.4 is 18.9 Å². The van der Waals surface area contributed by atoms with Crippen molar-refractivity contribution in [3.05, 3.63) is 46.5 Å². The first-order valence-corrected chi connectivity index (χ1v) is 9.48. The third-order valence-corrected chi connectivity index (χ3v) is 6.09. The minimum absolute atomic E-state index is 0.0394. The number of nitrogens with zero attached hydrogens (tertiary/aromatic N) is 1. The molecule has 0 bridgehead atoms. The molecule has 2 aromatic carbocycles. The Kier molecular flexibility index (Phi) is 3.53. The van der Waals surface area contributed by atoms with Gasteiger partial charge in [0.15, 0.2) is 29.3 Å². The normalized spacial score (nSPS) is 27.0. The van der Waals surface area contributed by atoms with Crippen LogP contribution in [-0.2, 0) is 15.9 Å². The summed E-state index contributed by atoms with van der Waals surface area (Å²) in [5, 5.41) is 0. The maximum Gasteiger partial charge on any atom is 0.231 e. The molecule has 0 saturated carbocycles. The van der Waals surface area contributed by atoms with E-state index in [9.17, 15) is 0 Å². The molecule has 4 heterocycles. The van der Waals surface area contributed by atoms with Crippen molar-refractivity contribution < 1.29 is 28.4 Å². The van der Waals surface area contributed by atoms with Gasteiger partial charge in [0.2, 0.25) is 13.6 Å². The summed E-state index contributed by atoms with van der Waals surface area (Å²) in [7, 11) is 3.79. The lowest BCUT2D eigenvalue weighted by Crippen LogP contribution is -2.35. The summed E-state index contributed by atoms with van der Waals surface area (Å²) in [6.07, 6.45) is 0.302. The molecule has 3 atom stereocenters. The zero-order valence-corrected chi connectivity index (χ0v) is 15.8. The van der Waals surface area contributed by atoms with Crippen molar-refractivity contribution in [3.63, 3.8) is 0 Å². The summed E-state index contributed by atoms with van der Waals surface area (Å²) in [6, 6.07) is 8.29. The molecule has 0 fully saturated rings. The highest BCUT2D eigenvalue weighted by molar-refractivity contribution is 5.56. The predicted octanol–water partition coefficient (Wildman–Crippen LogP) is 3.09. The van der Waals surface area contributed by atoms with E-state index in [1.165, 1.54) is 11.1 Å². The van der Waals surface area contributed by atoms with Crippen LogP contribution >= 0.6 is 0 Å². The average Bonchev–Trinajstić information content (AvgIpc) is 3.43. The van der Waals surface area contributed by atoms with Crippen molar-refractivity contribution in [1.29, 1.82) is 0 Å². The van der Waals surface area contributed by atoms with Crippen molar-refractivity contribution in [2.75, 3.05) is 34.3 Å². The lowest BCUT2D eigenvalue weighted by Gasteiger charge is -2.38. The van der Waals surface area contributed by atoms with Crippen LogP contribution in [0.4, 0.5) is 0 Å². The molecule has 146 valence electrons. The summed E-state index contributed by atoms with van der Waals surface area (Å²) in [5.74, 6) is 3.10. The molecule has 7 heteroatoms. The Morgan fingerprint density at radius 1 is 0.964 bits per heavy atom. The Hall–Kier alpha value is -2.48. The average molecular weight is 383 g/mol. The van der Waals surface area contributed by atoms with Crippen molar-refractivity contribution in [2.45, 2.75) is 24.9 Å². The van der Waals surface area contributed by atoms with Crippen LogP contribution in [0.2, 0.25) is 0 Å². The molecule has 0 N–H and O–H groups in total. The van der Waals surface area contributed by atoms with Gasteiger partial charge >= 0.3 is 0 Å². The van der Waals surface area contributed by atoms with Crippen LogP contribution in [0.3, 0.4) is 0 Å². The van der Waals surface area contributed by atoms with Crippen molar-refractivity contribution >= 4 is 0 Å². The van der Waals surface area contributed by atoms with E-state index >= 15 is 0 Å². The molecule has 6 rings (SSSR count). The van der Waals surface area contributed by atoms with Gasteiger partial charge in [0.1, 0.15) is 6.10 Å². The lowest BCUT2D eigenvalue weighted by atomic mass is 9.86. The maximum atomic E-state index is 6.42. The number of hydrogen-bond acceptors (Lipinski definition) is 7. The first-order chi connectivity index (χ1) is 13.7. The summed E-state index contributed by atoms with van der Waals surface area (Å²) in [5.41, 5.74) is 4.50. The van der Waals surface area contributed by atoms with Crippen molar-refractivity contribution in [2.24, 2.45) is 0 Å². The van der Waals surface area contributed by atoms with Crippen LogP contribution in [0.25, 0.3) is 0 Å². The van der Waals surface area contributed by atoms with Crippen LogP contribution in [0.5, 0.6) is 23.0 Å². The highest BCUT2D eigenvalue weighted by atomic mass is 16.7. The van der Waals surface area contributed by atoms with Gasteiger partial charge < -0.3 is 28.4 Å². The molecule has 4 aliphatic rings. The Labute approximate surface area is 162 Å². The van der Waals surface area contributed by atoms with Crippen LogP contribution in [0.15, 0.2) is 24.3 Å². The van der Waals surface area contributed by atoms with E-state index in [0.717, 1.165) is 47.1 Å². The van der Waals surface area contributed by atoms with Gasteiger partial charge in [0.05, 0.1) is 11.6 Å². The summed E-state index contributed by atoms with van der Waals surface area (Å²) < 4.78 is 34.6. The second-order valence-electron chi connectivity index (χ2n) is 7.51. The second-order valence-corrected chi connectivity index (χ2v) is 7.51. The molecule has 2 aromatic rings. The standard InChI is InChI=1S/C21H21NO6/c1-22-6-5-11-7-15-16(26-9-25-15)8-13(11)18(22)19-12-3-4-14-20(27-10-24-14)17(12)21(23-2)28-19/h3-4,7-8,18-19,21H,5-6,9-10H2,1-2H3/t18-,19+,21+/m1/s1. The Balaban J connectivity index is 1.48. The van der Waals surface area contributed by atoms with E-state index in [0.29, 0.717) is 0 Å². The highest BCUT2D eigenvalue weighted by Gasteiger charge is 2.45. The molecular weight excluding hydrogens is 362 g/mol. The first-order valence-electron chi connectivity index (χ1n) is 9.48. The lowest BCUT2D eigenvalue weighted by molar-refractivity contribution is -0.160. The molecule has 4 aliphatic heterocycles. The number of methoxy groups -OCH3 is 1. The predicted molar refractivity (Wildman–Crippen MR) is 97.8 cm³/mol. The third-order valence-electron chi connectivity index (χ3n) is 6.09. The van der Waals surface area contributed by atoms with E-state index in [2.05, 4.69) is 30.1 Å². The summed E-state index contributed by atoms with van der Waals surface area (Å²) >= 11 is 0. The number of hydrogen-bond donors (Lipinski definition) is 0. The molecule has 0 saturated heterocycles. The molecule has 0 radical (unpaired) electrons. The second kappa shape index (κ2) is 6.01. The number of benzene rings is 2. The summed E-state index contributed by atoms with van der Waals surface area (Å²) in [4.78, 5) is 2.33. The highest BCUT2D eigenvalue weighted by Crippen LogP contribution is 2.55. The minimum atomic E-state index is -0.482. The van der Waals surface area contributed by atoms with Gasteiger partial charge in [-0.25, -0.2) is 0 Å². The molecule has 7 nitrogen and oxygen atoms in total. The molecule has 0 aliphatic carbocycles. The fourth-order valence-electron chi connectivity index (χ4n) is 4.75. The molecule has 28 heavy (non-hydrogen) atoms. The van der Waals surface area contributed by atoms with Crippen LogP contribution in [0, 0.1) is 0 Å². The first kappa shape index (κ1) is 16.5. The zero-order chi connectivity index (χ0) is 18.8. The number of ether oxygens (including phenoxy) is 6. The van der Waals surface area contributed by atoms with Crippen molar-refractivity contribution in [1.82, 2.24) is 4.90 Å². The van der Waals surface area contributed by atoms with Gasteiger partial charge in [0.25, 0.3) is 0 Å². The maximum absolute atomic E-state index is 6.42. The van der Waals surface area contributed by atoms with Gasteiger partial charge in [-0.1, -0.05) is 6.07 Å². The molecule has 0 unspecified atom stereocenters. The molecule has 0 spiro atoms. The molecule has 0 aromatic heterocycles. The minimum Gasteiger partial charge on any atom is -0.454 e. The third kappa shape index (κ3) is 2.21. The quantitative estimate of drug-likeness (QED) is 0.790. The van der Waals surface area contributed by atoms with Gasteiger partial charge in [-0.3, -0.25) is 4.90 Å².